The van der Waals surface area contributed by atoms with Crippen LogP contribution in [-0.4, -0.2) is 33.9 Å². The second kappa shape index (κ2) is 8.66. The molecule has 34 heavy (non-hydrogen) atoms. The topological polar surface area (TPSA) is 68.5 Å². The number of ether oxygens (including phenoxy) is 1. The highest BCUT2D eigenvalue weighted by Crippen LogP contribution is 2.38. The van der Waals surface area contributed by atoms with Crippen molar-refractivity contribution in [2.24, 2.45) is 0 Å². The van der Waals surface area contributed by atoms with E-state index in [-0.39, 0.29) is 23.2 Å². The summed E-state index contributed by atoms with van der Waals surface area (Å²) in [6, 6.07) is 22.0. The third-order valence-corrected chi connectivity index (χ3v) is 5.60. The van der Waals surface area contributed by atoms with Gasteiger partial charge in [-0.3, -0.25) is 4.79 Å². The average molecular weight is 465 g/mol. The summed E-state index contributed by atoms with van der Waals surface area (Å²) in [4.78, 5) is 19.3. The Balaban J connectivity index is 1.40. The summed E-state index contributed by atoms with van der Waals surface area (Å²) in [6.07, 6.45) is -4.26. The molecule has 1 aromatic heterocycles. The summed E-state index contributed by atoms with van der Waals surface area (Å²) < 4.78 is 47.7. The predicted molar refractivity (Wildman–Crippen MR) is 117 cm³/mol. The zero-order chi connectivity index (χ0) is 23.7. The summed E-state index contributed by atoms with van der Waals surface area (Å²) in [7, 11) is 0. The summed E-state index contributed by atoms with van der Waals surface area (Å²) in [5, 5.41) is 3.84. The van der Waals surface area contributed by atoms with Crippen molar-refractivity contribution in [1.82, 2.24) is 15.0 Å². The lowest BCUT2D eigenvalue weighted by atomic mass is 9.95. The lowest BCUT2D eigenvalue weighted by Crippen LogP contribution is -2.45. The highest BCUT2D eigenvalue weighted by atomic mass is 19.4. The van der Waals surface area contributed by atoms with Crippen molar-refractivity contribution >= 4 is 5.91 Å². The van der Waals surface area contributed by atoms with Crippen LogP contribution < -0.4 is 4.74 Å². The average Bonchev–Trinajstić information content (AvgIpc) is 3.27. The van der Waals surface area contributed by atoms with Crippen LogP contribution in [0.5, 0.6) is 5.75 Å². The predicted octanol–water partition coefficient (Wildman–Crippen LogP) is 5.89. The minimum atomic E-state index is -4.86. The first-order chi connectivity index (χ1) is 16.4. The molecular formula is C25H18F3N3O3. The van der Waals surface area contributed by atoms with Crippen molar-refractivity contribution in [3.63, 3.8) is 0 Å². The highest BCUT2D eigenvalue weighted by Gasteiger charge is 2.39. The molecule has 1 saturated heterocycles. The zero-order valence-corrected chi connectivity index (χ0v) is 17.7. The van der Waals surface area contributed by atoms with E-state index in [2.05, 4.69) is 14.9 Å². The maximum atomic E-state index is 13.4. The van der Waals surface area contributed by atoms with Gasteiger partial charge in [0.1, 0.15) is 11.8 Å². The molecule has 1 aliphatic rings. The quantitative estimate of drug-likeness (QED) is 0.368. The van der Waals surface area contributed by atoms with Gasteiger partial charge < -0.3 is 14.2 Å². The normalized spacial score (nSPS) is 15.6. The van der Waals surface area contributed by atoms with E-state index in [1.54, 1.807) is 23.1 Å². The van der Waals surface area contributed by atoms with E-state index in [9.17, 15) is 18.0 Å². The molecule has 6 nitrogen and oxygen atoms in total. The van der Waals surface area contributed by atoms with Crippen molar-refractivity contribution in [3.05, 3.63) is 90.3 Å². The molecule has 0 saturated carbocycles. The Morgan fingerprint density at radius 1 is 0.941 bits per heavy atom. The van der Waals surface area contributed by atoms with Crippen LogP contribution in [-0.2, 0) is 0 Å². The molecule has 0 bridgehead atoms. The molecule has 1 atom stereocenters. The van der Waals surface area contributed by atoms with Gasteiger partial charge in [0.05, 0.1) is 5.56 Å². The molecule has 0 spiro atoms. The van der Waals surface area contributed by atoms with Gasteiger partial charge in [-0.25, -0.2) is 0 Å². The Kier molecular flexibility index (Phi) is 5.53. The number of carbonyl (C=O) groups excluding carboxylic acids is 1. The van der Waals surface area contributed by atoms with E-state index >= 15 is 0 Å². The van der Waals surface area contributed by atoms with Crippen LogP contribution in [0.15, 0.2) is 83.4 Å². The van der Waals surface area contributed by atoms with E-state index in [1.165, 1.54) is 18.2 Å². The van der Waals surface area contributed by atoms with Gasteiger partial charge in [0.15, 0.2) is 0 Å². The molecule has 1 fully saturated rings. The Morgan fingerprint density at radius 3 is 2.32 bits per heavy atom. The van der Waals surface area contributed by atoms with Crippen molar-refractivity contribution in [2.75, 3.05) is 6.54 Å². The van der Waals surface area contributed by atoms with Gasteiger partial charge in [-0.15, -0.1) is 13.2 Å². The minimum absolute atomic E-state index is 0.0427. The van der Waals surface area contributed by atoms with Crippen LogP contribution in [0.2, 0.25) is 0 Å². The molecule has 1 aliphatic heterocycles. The number of nitrogens with zero attached hydrogens (tertiary/aromatic N) is 3. The van der Waals surface area contributed by atoms with Gasteiger partial charge in [-0.2, -0.15) is 4.98 Å². The molecule has 0 N–H and O–H groups in total. The monoisotopic (exact) mass is 465 g/mol. The lowest BCUT2D eigenvalue weighted by Gasteiger charge is -2.38. The number of hydrogen-bond donors (Lipinski definition) is 0. The molecule has 0 aliphatic carbocycles. The number of hydrogen-bond acceptors (Lipinski definition) is 5. The fourth-order valence-electron chi connectivity index (χ4n) is 3.93. The minimum Gasteiger partial charge on any atom is -0.405 e. The number of rotatable bonds is 5. The van der Waals surface area contributed by atoms with E-state index in [1.807, 2.05) is 42.5 Å². The lowest BCUT2D eigenvalue weighted by molar-refractivity contribution is -0.274. The molecular weight excluding hydrogens is 447 g/mol. The van der Waals surface area contributed by atoms with Gasteiger partial charge in [0.25, 0.3) is 5.91 Å². The number of aromatic nitrogens is 2. The SMILES string of the molecule is O=C(c1ccccc1-c1ccccc1)N1CC[C@H]1c1nc(-c2ccccc2OC(F)(F)F)no1. The fraction of sp³-hybridized carbons (Fsp3) is 0.160. The highest BCUT2D eigenvalue weighted by molar-refractivity contribution is 6.01. The summed E-state index contributed by atoms with van der Waals surface area (Å²) in [5.74, 6) is -0.496. The summed E-state index contributed by atoms with van der Waals surface area (Å²) >= 11 is 0. The molecule has 4 aromatic rings. The number of para-hydroxylation sites is 1. The number of halogens is 3. The van der Waals surface area contributed by atoms with Gasteiger partial charge >= 0.3 is 6.36 Å². The number of amides is 1. The zero-order valence-electron chi connectivity index (χ0n) is 17.7. The number of likely N-dealkylation sites (tertiary alicyclic amines) is 1. The van der Waals surface area contributed by atoms with E-state index in [0.29, 0.717) is 18.5 Å². The van der Waals surface area contributed by atoms with Crippen molar-refractivity contribution in [1.29, 1.82) is 0 Å². The third-order valence-electron chi connectivity index (χ3n) is 5.60. The van der Waals surface area contributed by atoms with Gasteiger partial charge in [-0.05, 0) is 35.7 Å². The van der Waals surface area contributed by atoms with E-state index in [0.717, 1.165) is 11.1 Å². The summed E-state index contributed by atoms with van der Waals surface area (Å²) in [6.45, 7) is 0.498. The summed E-state index contributed by atoms with van der Waals surface area (Å²) in [5.41, 5.74) is 2.32. The van der Waals surface area contributed by atoms with Gasteiger partial charge in [0, 0.05) is 12.1 Å². The van der Waals surface area contributed by atoms with Crippen molar-refractivity contribution in [3.8, 4) is 28.3 Å². The first-order valence-electron chi connectivity index (χ1n) is 10.5. The molecule has 9 heteroatoms. The maximum absolute atomic E-state index is 13.4. The smallest absolute Gasteiger partial charge is 0.405 e. The van der Waals surface area contributed by atoms with Crippen LogP contribution in [0.3, 0.4) is 0 Å². The molecule has 172 valence electrons. The Hall–Kier alpha value is -4.14. The van der Waals surface area contributed by atoms with Gasteiger partial charge in [0.2, 0.25) is 11.7 Å². The second-order valence-electron chi connectivity index (χ2n) is 7.71. The number of carbonyl (C=O) groups is 1. The molecule has 5 rings (SSSR count). The molecule has 2 heterocycles. The molecule has 3 aromatic carbocycles. The van der Waals surface area contributed by atoms with Crippen LogP contribution >= 0.6 is 0 Å². The Bertz CT molecular complexity index is 1320. The Morgan fingerprint density at radius 2 is 1.62 bits per heavy atom. The Labute approximate surface area is 192 Å². The molecule has 0 unspecified atom stereocenters. The second-order valence-corrected chi connectivity index (χ2v) is 7.71. The van der Waals surface area contributed by atoms with Crippen LogP contribution in [0, 0.1) is 0 Å². The molecule has 0 radical (unpaired) electrons. The number of alkyl halides is 3. The van der Waals surface area contributed by atoms with Crippen LogP contribution in [0.25, 0.3) is 22.5 Å². The van der Waals surface area contributed by atoms with Crippen LogP contribution in [0.4, 0.5) is 13.2 Å². The van der Waals surface area contributed by atoms with E-state index < -0.39 is 18.2 Å². The van der Waals surface area contributed by atoms with Crippen molar-refractivity contribution in [2.45, 2.75) is 18.8 Å². The largest absolute Gasteiger partial charge is 0.573 e. The fourth-order valence-corrected chi connectivity index (χ4v) is 3.93. The maximum Gasteiger partial charge on any atom is 0.573 e. The standard InChI is InChI=1S/C25H18F3N3O3/c26-25(27,28)33-21-13-7-6-12-19(21)22-29-23(34-30-22)20-14-15-31(20)24(32)18-11-5-4-10-17(18)16-8-2-1-3-9-16/h1-13,20H,14-15H2/t20-/m0/s1. The van der Waals surface area contributed by atoms with E-state index in [4.69, 9.17) is 4.52 Å². The molecule has 1 amide bonds. The van der Waals surface area contributed by atoms with Gasteiger partial charge in [-0.1, -0.05) is 65.8 Å². The number of benzene rings is 3. The van der Waals surface area contributed by atoms with Crippen LogP contribution in [0.1, 0.15) is 28.7 Å². The first kappa shape index (κ1) is 21.7. The first-order valence-corrected chi connectivity index (χ1v) is 10.5. The third kappa shape index (κ3) is 4.24. The van der Waals surface area contributed by atoms with Crippen molar-refractivity contribution < 1.29 is 27.2 Å².